The Morgan fingerprint density at radius 2 is 2.50 bits per heavy atom. The van der Waals surface area contributed by atoms with Gasteiger partial charge in [0.05, 0.1) is 0 Å². The first-order valence-electron chi connectivity index (χ1n) is 3.79. The summed E-state index contributed by atoms with van der Waals surface area (Å²) < 4.78 is 11.2. The third kappa shape index (κ3) is 1.05. The number of pyridine rings is 1. The van der Waals surface area contributed by atoms with Gasteiger partial charge in [0.1, 0.15) is 12.7 Å². The van der Waals surface area contributed by atoms with Crippen molar-refractivity contribution in [2.24, 2.45) is 0 Å². The molecule has 2 heterocycles. The molecule has 0 N–H and O–H groups in total. The van der Waals surface area contributed by atoms with Gasteiger partial charge in [0.15, 0.2) is 6.20 Å². The average Bonchev–Trinajstić information content (AvgIpc) is 2.07. The van der Waals surface area contributed by atoms with Crippen LogP contribution in [-0.2, 0) is 0 Å². The van der Waals surface area contributed by atoms with Crippen LogP contribution in [0.2, 0.25) is 0 Å². The topological polar surface area (TPSA) is 45.4 Å². The SMILES string of the molecule is CC1COc2ccc[n+]([O-])c2O1. The molecular weight excluding hydrogens is 158 g/mol. The molecule has 1 unspecified atom stereocenters. The van der Waals surface area contributed by atoms with Crippen LogP contribution in [-0.4, -0.2) is 12.7 Å². The van der Waals surface area contributed by atoms with E-state index >= 15 is 0 Å². The summed E-state index contributed by atoms with van der Waals surface area (Å²) in [7, 11) is 0. The van der Waals surface area contributed by atoms with E-state index in [1.54, 1.807) is 12.1 Å². The zero-order chi connectivity index (χ0) is 8.55. The van der Waals surface area contributed by atoms with Crippen LogP contribution in [0.1, 0.15) is 6.92 Å². The summed E-state index contributed by atoms with van der Waals surface area (Å²) in [5.74, 6) is 0.779. The maximum Gasteiger partial charge on any atom is 0.423 e. The first-order valence-corrected chi connectivity index (χ1v) is 3.79. The highest BCUT2D eigenvalue weighted by molar-refractivity contribution is 5.30. The fourth-order valence-corrected chi connectivity index (χ4v) is 1.11. The zero-order valence-corrected chi connectivity index (χ0v) is 6.69. The van der Waals surface area contributed by atoms with Gasteiger partial charge in [-0.25, -0.2) is 0 Å². The molecule has 2 rings (SSSR count). The molecule has 0 radical (unpaired) electrons. The number of ether oxygens (including phenoxy) is 2. The van der Waals surface area contributed by atoms with Crippen molar-refractivity contribution in [3.63, 3.8) is 0 Å². The summed E-state index contributed by atoms with van der Waals surface area (Å²) in [6.45, 7) is 2.35. The van der Waals surface area contributed by atoms with E-state index in [2.05, 4.69) is 0 Å². The molecule has 0 saturated carbocycles. The van der Waals surface area contributed by atoms with Crippen LogP contribution >= 0.6 is 0 Å². The third-order valence-electron chi connectivity index (χ3n) is 1.67. The minimum atomic E-state index is -0.0555. The molecule has 1 aromatic rings. The van der Waals surface area contributed by atoms with E-state index < -0.39 is 0 Å². The number of aromatic nitrogens is 1. The first-order chi connectivity index (χ1) is 5.77. The fourth-order valence-electron chi connectivity index (χ4n) is 1.11. The van der Waals surface area contributed by atoms with Crippen molar-refractivity contribution < 1.29 is 14.2 Å². The lowest BCUT2D eigenvalue weighted by atomic mass is 10.3. The van der Waals surface area contributed by atoms with Crippen LogP contribution < -0.4 is 14.2 Å². The maximum atomic E-state index is 11.1. The maximum absolute atomic E-state index is 11.1. The molecule has 0 saturated heterocycles. The van der Waals surface area contributed by atoms with E-state index in [4.69, 9.17) is 9.47 Å². The lowest BCUT2D eigenvalue weighted by Gasteiger charge is -2.21. The van der Waals surface area contributed by atoms with E-state index in [0.717, 1.165) is 0 Å². The van der Waals surface area contributed by atoms with Gasteiger partial charge >= 0.3 is 5.88 Å². The molecule has 4 heteroatoms. The fraction of sp³-hybridized carbons (Fsp3) is 0.375. The standard InChI is InChI=1S/C8H9NO3/c1-6-5-11-7-3-2-4-9(10)8(7)12-6/h2-4,6H,5H2,1H3. The highest BCUT2D eigenvalue weighted by Crippen LogP contribution is 2.26. The van der Waals surface area contributed by atoms with Gasteiger partial charge in [-0.15, -0.1) is 4.73 Å². The highest BCUT2D eigenvalue weighted by atomic mass is 16.6. The van der Waals surface area contributed by atoms with Crippen molar-refractivity contribution in [1.29, 1.82) is 0 Å². The second kappa shape index (κ2) is 2.55. The molecule has 0 aromatic carbocycles. The number of nitrogens with zero attached hydrogens (tertiary/aromatic N) is 1. The molecule has 1 atom stereocenters. The molecule has 64 valence electrons. The average molecular weight is 167 g/mol. The second-order valence-corrected chi connectivity index (χ2v) is 2.74. The lowest BCUT2D eigenvalue weighted by molar-refractivity contribution is -0.615. The smallest absolute Gasteiger partial charge is 0.423 e. The van der Waals surface area contributed by atoms with Gasteiger partial charge in [-0.2, -0.15) is 0 Å². The van der Waals surface area contributed by atoms with Crippen molar-refractivity contribution in [3.8, 4) is 11.6 Å². The van der Waals surface area contributed by atoms with Gasteiger partial charge in [0.25, 0.3) is 0 Å². The molecule has 0 spiro atoms. The lowest BCUT2D eigenvalue weighted by Crippen LogP contribution is -2.36. The Morgan fingerprint density at radius 1 is 1.67 bits per heavy atom. The first kappa shape index (κ1) is 7.21. The Hall–Kier alpha value is -1.45. The molecule has 4 nitrogen and oxygen atoms in total. The predicted octanol–water partition coefficient (Wildman–Crippen LogP) is 0.480. The van der Waals surface area contributed by atoms with Crippen LogP contribution in [0, 0.1) is 5.21 Å². The van der Waals surface area contributed by atoms with Crippen molar-refractivity contribution >= 4 is 0 Å². The van der Waals surface area contributed by atoms with Gasteiger partial charge in [-0.05, 0) is 13.0 Å². The number of hydrogen-bond acceptors (Lipinski definition) is 3. The normalized spacial score (nSPS) is 20.6. The summed E-state index contributed by atoms with van der Waals surface area (Å²) in [6.07, 6.45) is 1.33. The third-order valence-corrected chi connectivity index (χ3v) is 1.67. The predicted molar refractivity (Wildman–Crippen MR) is 41.0 cm³/mol. The molecule has 12 heavy (non-hydrogen) atoms. The summed E-state index contributed by atoms with van der Waals surface area (Å²) in [4.78, 5) is 0. The van der Waals surface area contributed by atoms with Crippen LogP contribution in [0.15, 0.2) is 18.3 Å². The van der Waals surface area contributed by atoms with Gasteiger partial charge in [-0.3, -0.25) is 0 Å². The van der Waals surface area contributed by atoms with Crippen molar-refractivity contribution in [2.45, 2.75) is 13.0 Å². The van der Waals surface area contributed by atoms with Crippen molar-refractivity contribution in [2.75, 3.05) is 6.61 Å². The largest absolute Gasteiger partial charge is 0.616 e. The Bertz CT molecular complexity index is 300. The Labute approximate surface area is 69.9 Å². The van der Waals surface area contributed by atoms with Gasteiger partial charge in [-0.1, -0.05) is 0 Å². The summed E-state index contributed by atoms with van der Waals surface area (Å²) >= 11 is 0. The minimum absolute atomic E-state index is 0.0555. The molecule has 1 aliphatic heterocycles. The highest BCUT2D eigenvalue weighted by Gasteiger charge is 2.24. The molecule has 0 bridgehead atoms. The van der Waals surface area contributed by atoms with Crippen molar-refractivity contribution in [1.82, 2.24) is 0 Å². The van der Waals surface area contributed by atoms with Crippen molar-refractivity contribution in [3.05, 3.63) is 23.5 Å². The molecule has 1 aromatic heterocycles. The van der Waals surface area contributed by atoms with E-state index in [1.165, 1.54) is 6.20 Å². The summed E-state index contributed by atoms with van der Waals surface area (Å²) in [5, 5.41) is 11.1. The Balaban J connectivity index is 2.43. The van der Waals surface area contributed by atoms with Gasteiger partial charge < -0.3 is 14.7 Å². The molecule has 1 aliphatic rings. The van der Waals surface area contributed by atoms with Gasteiger partial charge in [0.2, 0.25) is 5.75 Å². The summed E-state index contributed by atoms with van der Waals surface area (Å²) in [6, 6.07) is 3.35. The number of rotatable bonds is 0. The Kier molecular flexibility index (Phi) is 1.53. The molecule has 0 fully saturated rings. The van der Waals surface area contributed by atoms with E-state index in [9.17, 15) is 5.21 Å². The van der Waals surface area contributed by atoms with Crippen LogP contribution in [0.5, 0.6) is 11.6 Å². The molecule has 0 amide bonds. The molecule has 0 aliphatic carbocycles. The number of fused-ring (bicyclic) bond motifs is 1. The van der Waals surface area contributed by atoms with Crippen LogP contribution in [0.4, 0.5) is 0 Å². The minimum Gasteiger partial charge on any atom is -0.616 e. The second-order valence-electron chi connectivity index (χ2n) is 2.74. The monoisotopic (exact) mass is 167 g/mol. The van der Waals surface area contributed by atoms with E-state index in [-0.39, 0.29) is 12.0 Å². The zero-order valence-electron chi connectivity index (χ0n) is 6.69. The van der Waals surface area contributed by atoms with E-state index in [0.29, 0.717) is 17.1 Å². The van der Waals surface area contributed by atoms with E-state index in [1.807, 2.05) is 6.92 Å². The number of hydrogen-bond donors (Lipinski definition) is 0. The van der Waals surface area contributed by atoms with Crippen LogP contribution in [0.3, 0.4) is 0 Å². The molecular formula is C8H9NO3. The summed E-state index contributed by atoms with van der Waals surface area (Å²) in [5.41, 5.74) is 0. The Morgan fingerprint density at radius 3 is 3.33 bits per heavy atom. The van der Waals surface area contributed by atoms with Crippen LogP contribution in [0.25, 0.3) is 0 Å². The quantitative estimate of drug-likeness (QED) is 0.417. The van der Waals surface area contributed by atoms with Gasteiger partial charge in [0, 0.05) is 6.07 Å².